The Morgan fingerprint density at radius 1 is 1.00 bits per heavy atom. The molecule has 0 aliphatic rings. The Kier molecular flexibility index (Phi) is 5.81. The van der Waals surface area contributed by atoms with Gasteiger partial charge in [0.05, 0.1) is 4.83 Å². The molecule has 0 heterocycles. The van der Waals surface area contributed by atoms with Crippen molar-refractivity contribution in [1.82, 2.24) is 0 Å². The van der Waals surface area contributed by atoms with Crippen LogP contribution in [0.4, 0.5) is 0 Å². The topological polar surface area (TPSA) is 97.5 Å². The lowest BCUT2D eigenvalue weighted by molar-refractivity contribution is -0.536. The van der Waals surface area contributed by atoms with Crippen molar-refractivity contribution in [2.24, 2.45) is 5.92 Å². The van der Waals surface area contributed by atoms with Crippen molar-refractivity contribution in [2.45, 2.75) is 10.9 Å². The zero-order valence-electron chi connectivity index (χ0n) is 12.4. The molecule has 2 aromatic rings. The van der Waals surface area contributed by atoms with Gasteiger partial charge in [0, 0.05) is 16.1 Å². The zero-order valence-corrected chi connectivity index (χ0v) is 14.0. The van der Waals surface area contributed by atoms with Crippen LogP contribution in [-0.4, -0.2) is 26.6 Å². The van der Waals surface area contributed by atoms with Crippen LogP contribution in [0.5, 0.6) is 0 Å². The van der Waals surface area contributed by atoms with Crippen LogP contribution in [0.15, 0.2) is 60.7 Å². The van der Waals surface area contributed by atoms with Gasteiger partial charge in [0.1, 0.15) is 5.92 Å². The predicted molar refractivity (Wildman–Crippen MR) is 90.8 cm³/mol. The van der Waals surface area contributed by atoms with Gasteiger partial charge in [-0.15, -0.1) is 0 Å². The molecular formula is C17H14BrNO5. The molecule has 0 spiro atoms. The van der Waals surface area contributed by atoms with Gasteiger partial charge in [0.2, 0.25) is 0 Å². The van der Waals surface area contributed by atoms with Gasteiger partial charge < -0.3 is 5.11 Å². The maximum absolute atomic E-state index is 12.5. The number of halogens is 1. The number of carboxylic acids is 1. The fourth-order valence-corrected chi connectivity index (χ4v) is 3.23. The molecule has 0 unspecified atom stereocenters. The second kappa shape index (κ2) is 7.83. The summed E-state index contributed by atoms with van der Waals surface area (Å²) in [6, 6.07) is 14.4. The summed E-state index contributed by atoms with van der Waals surface area (Å²) in [5.41, 5.74) is 0.529. The van der Waals surface area contributed by atoms with Gasteiger partial charge in [0.25, 0.3) is 6.04 Å². The minimum Gasteiger partial charge on any atom is -0.481 e. The van der Waals surface area contributed by atoms with Crippen molar-refractivity contribution in [3.8, 4) is 0 Å². The van der Waals surface area contributed by atoms with Gasteiger partial charge in [0.15, 0.2) is 5.78 Å². The summed E-state index contributed by atoms with van der Waals surface area (Å²) in [7, 11) is 0. The number of hydrogen-bond donors (Lipinski definition) is 1. The molecule has 24 heavy (non-hydrogen) atoms. The summed E-state index contributed by atoms with van der Waals surface area (Å²) in [5, 5.41) is 21.1. The summed E-state index contributed by atoms with van der Waals surface area (Å²) in [6.07, 6.45) is 0. The fraction of sp³-hybridized carbons (Fsp3) is 0.176. The van der Waals surface area contributed by atoms with E-state index >= 15 is 0 Å². The van der Waals surface area contributed by atoms with E-state index in [9.17, 15) is 24.8 Å². The highest BCUT2D eigenvalue weighted by atomic mass is 79.9. The zero-order chi connectivity index (χ0) is 17.7. The number of benzene rings is 2. The molecule has 0 bridgehead atoms. The van der Waals surface area contributed by atoms with E-state index in [1.54, 1.807) is 48.5 Å². The molecule has 2 rings (SSSR count). The first-order valence-electron chi connectivity index (χ1n) is 7.08. The van der Waals surface area contributed by atoms with Gasteiger partial charge >= 0.3 is 5.97 Å². The van der Waals surface area contributed by atoms with Crippen LogP contribution < -0.4 is 0 Å². The Morgan fingerprint density at radius 2 is 1.50 bits per heavy atom. The predicted octanol–water partition coefficient (Wildman–Crippen LogP) is 3.35. The number of carbonyl (C=O) groups is 2. The van der Waals surface area contributed by atoms with E-state index in [2.05, 4.69) is 15.9 Å². The maximum atomic E-state index is 12.5. The third-order valence-corrected chi connectivity index (χ3v) is 4.60. The van der Waals surface area contributed by atoms with Crippen molar-refractivity contribution >= 4 is 27.7 Å². The highest BCUT2D eigenvalue weighted by molar-refractivity contribution is 9.10. The van der Waals surface area contributed by atoms with E-state index < -0.39 is 33.5 Å². The van der Waals surface area contributed by atoms with Crippen LogP contribution in [0, 0.1) is 16.0 Å². The number of ketones is 1. The van der Waals surface area contributed by atoms with Crippen LogP contribution in [-0.2, 0) is 4.79 Å². The van der Waals surface area contributed by atoms with E-state index in [0.29, 0.717) is 5.56 Å². The third kappa shape index (κ3) is 3.86. The molecule has 0 aliphatic heterocycles. The second-order valence-electron chi connectivity index (χ2n) is 5.14. The molecular weight excluding hydrogens is 378 g/mol. The average molecular weight is 392 g/mol. The molecule has 7 heteroatoms. The van der Waals surface area contributed by atoms with Crippen LogP contribution >= 0.6 is 15.9 Å². The molecule has 0 amide bonds. The largest absolute Gasteiger partial charge is 0.481 e. The summed E-state index contributed by atoms with van der Waals surface area (Å²) in [6.45, 7) is 0. The molecule has 0 aliphatic carbocycles. The minimum absolute atomic E-state index is 0.236. The van der Waals surface area contributed by atoms with E-state index in [1.807, 2.05) is 0 Å². The van der Waals surface area contributed by atoms with Crippen molar-refractivity contribution < 1.29 is 19.6 Å². The number of aliphatic carboxylic acids is 1. The number of rotatable bonds is 7. The molecule has 0 radical (unpaired) electrons. The quantitative estimate of drug-likeness (QED) is 0.337. The Morgan fingerprint density at radius 3 is 1.96 bits per heavy atom. The Bertz CT molecular complexity index is 735. The first kappa shape index (κ1) is 17.8. The fourth-order valence-electron chi connectivity index (χ4n) is 2.46. The number of carboxylic acid groups (broad SMARTS) is 1. The van der Waals surface area contributed by atoms with Gasteiger partial charge in [-0.1, -0.05) is 76.6 Å². The number of alkyl halides is 1. The lowest BCUT2D eigenvalue weighted by Crippen LogP contribution is -2.38. The first-order chi connectivity index (χ1) is 11.4. The Hall–Kier alpha value is -2.54. The smallest absolute Gasteiger partial charge is 0.315 e. The molecule has 3 atom stereocenters. The monoisotopic (exact) mass is 391 g/mol. The molecule has 0 saturated carbocycles. The number of nitro groups is 1. The molecule has 0 saturated heterocycles. The van der Waals surface area contributed by atoms with E-state index in [1.165, 1.54) is 12.1 Å². The summed E-state index contributed by atoms with van der Waals surface area (Å²) >= 11 is 3.08. The lowest BCUT2D eigenvalue weighted by atomic mass is 9.87. The second-order valence-corrected chi connectivity index (χ2v) is 6.12. The summed E-state index contributed by atoms with van der Waals surface area (Å²) < 4.78 is 0. The van der Waals surface area contributed by atoms with Crippen molar-refractivity contribution in [2.75, 3.05) is 0 Å². The third-order valence-electron chi connectivity index (χ3n) is 3.62. The van der Waals surface area contributed by atoms with Crippen LogP contribution in [0.3, 0.4) is 0 Å². The molecule has 2 aromatic carbocycles. The van der Waals surface area contributed by atoms with E-state index in [0.717, 1.165) is 0 Å². The molecule has 0 fully saturated rings. The number of carbonyl (C=O) groups excluding carboxylic acids is 1. The highest BCUT2D eigenvalue weighted by Crippen LogP contribution is 2.33. The summed E-state index contributed by atoms with van der Waals surface area (Å²) in [5.74, 6) is -3.47. The number of nitrogens with zero attached hydrogens (tertiary/aromatic N) is 1. The van der Waals surface area contributed by atoms with Crippen molar-refractivity contribution in [3.05, 3.63) is 81.9 Å². The molecule has 6 nitrogen and oxygen atoms in total. The number of Topliss-reactive ketones (excluding diaryl/α,β-unsaturated/α-hetero) is 1. The Labute approximate surface area is 146 Å². The summed E-state index contributed by atoms with van der Waals surface area (Å²) in [4.78, 5) is 33.9. The maximum Gasteiger partial charge on any atom is 0.315 e. The van der Waals surface area contributed by atoms with Crippen LogP contribution in [0.2, 0.25) is 0 Å². The van der Waals surface area contributed by atoms with Gasteiger partial charge in [-0.25, -0.2) is 0 Å². The van der Waals surface area contributed by atoms with E-state index in [-0.39, 0.29) is 5.56 Å². The SMILES string of the molecule is O=C(O)[C@H]([C@@H](c1ccccc1)[N+](=O)[O-])[C@@H](Br)C(=O)c1ccccc1. The normalized spacial score (nSPS) is 14.4. The highest BCUT2D eigenvalue weighted by Gasteiger charge is 2.46. The van der Waals surface area contributed by atoms with Crippen molar-refractivity contribution in [3.63, 3.8) is 0 Å². The molecule has 0 aromatic heterocycles. The Balaban J connectivity index is 2.42. The molecule has 1 N–H and O–H groups in total. The number of hydrogen-bond acceptors (Lipinski definition) is 4. The van der Waals surface area contributed by atoms with Gasteiger partial charge in [-0.3, -0.25) is 19.7 Å². The van der Waals surface area contributed by atoms with Crippen molar-refractivity contribution in [1.29, 1.82) is 0 Å². The van der Waals surface area contributed by atoms with Gasteiger partial charge in [-0.05, 0) is 0 Å². The van der Waals surface area contributed by atoms with Crippen LogP contribution in [0.25, 0.3) is 0 Å². The van der Waals surface area contributed by atoms with Crippen LogP contribution in [0.1, 0.15) is 22.0 Å². The lowest BCUT2D eigenvalue weighted by Gasteiger charge is -2.21. The average Bonchev–Trinajstić information content (AvgIpc) is 2.59. The van der Waals surface area contributed by atoms with Gasteiger partial charge in [-0.2, -0.15) is 0 Å². The standard InChI is InChI=1S/C17H14BrNO5/c18-14(16(20)12-9-5-2-6-10-12)13(17(21)22)15(19(23)24)11-7-3-1-4-8-11/h1-10,13-15H,(H,21,22)/t13-,14+,15+/m0/s1. The van der Waals surface area contributed by atoms with E-state index in [4.69, 9.17) is 0 Å². The molecule has 124 valence electrons. The first-order valence-corrected chi connectivity index (χ1v) is 7.99. The minimum atomic E-state index is -1.55.